The molecule has 25 heavy (non-hydrogen) atoms. The molecule has 6 nitrogen and oxygen atoms in total. The Hall–Kier alpha value is -2.37. The highest BCUT2D eigenvalue weighted by Gasteiger charge is 2.56. The van der Waals surface area contributed by atoms with Crippen LogP contribution in [0.15, 0.2) is 24.3 Å². The summed E-state index contributed by atoms with van der Waals surface area (Å²) in [4.78, 5) is 38.8. The number of nitrogens with one attached hydrogen (secondary N) is 2. The van der Waals surface area contributed by atoms with Crippen molar-refractivity contribution in [3.05, 3.63) is 35.4 Å². The van der Waals surface area contributed by atoms with E-state index in [-0.39, 0.29) is 29.8 Å². The predicted octanol–water partition coefficient (Wildman–Crippen LogP) is 1.65. The maximum absolute atomic E-state index is 12.9. The molecule has 6 heteroatoms. The van der Waals surface area contributed by atoms with E-state index in [1.165, 1.54) is 11.1 Å². The number of imide groups is 1. The Morgan fingerprint density at radius 3 is 2.76 bits per heavy atom. The lowest BCUT2D eigenvalue weighted by Gasteiger charge is -2.53. The van der Waals surface area contributed by atoms with Gasteiger partial charge in [0.25, 0.3) is 5.91 Å². The molecule has 2 saturated heterocycles. The maximum Gasteiger partial charge on any atom is 0.322 e. The van der Waals surface area contributed by atoms with Gasteiger partial charge in [-0.25, -0.2) is 4.79 Å². The zero-order chi connectivity index (χ0) is 17.2. The lowest BCUT2D eigenvalue weighted by atomic mass is 9.75. The van der Waals surface area contributed by atoms with Crippen LogP contribution in [0.2, 0.25) is 0 Å². The third-order valence-electron chi connectivity index (χ3n) is 6.36. The number of fused-ring (bicyclic) bond motifs is 4. The second-order valence-electron chi connectivity index (χ2n) is 7.76. The Balaban J connectivity index is 1.31. The Labute approximate surface area is 145 Å². The van der Waals surface area contributed by atoms with Crippen molar-refractivity contribution in [1.82, 2.24) is 15.5 Å². The van der Waals surface area contributed by atoms with E-state index in [1.807, 2.05) is 11.0 Å². The van der Waals surface area contributed by atoms with Crippen LogP contribution in [0.5, 0.6) is 0 Å². The molecule has 3 heterocycles. The normalized spacial score (nSPS) is 32.6. The topological polar surface area (TPSA) is 78.5 Å². The average molecular weight is 339 g/mol. The summed E-state index contributed by atoms with van der Waals surface area (Å²) in [6.45, 7) is 0. The molecule has 2 N–H and O–H groups in total. The summed E-state index contributed by atoms with van der Waals surface area (Å²) in [5.74, 6) is 0.00930. The van der Waals surface area contributed by atoms with Gasteiger partial charge in [-0.05, 0) is 49.1 Å². The number of hydrogen-bond donors (Lipinski definition) is 2. The number of amides is 4. The van der Waals surface area contributed by atoms with E-state index in [2.05, 4.69) is 28.8 Å². The Morgan fingerprint density at radius 1 is 1.24 bits per heavy atom. The van der Waals surface area contributed by atoms with E-state index >= 15 is 0 Å². The van der Waals surface area contributed by atoms with Gasteiger partial charge in [-0.15, -0.1) is 0 Å². The molecular weight excluding hydrogens is 318 g/mol. The molecule has 3 aliphatic heterocycles. The van der Waals surface area contributed by atoms with Crippen LogP contribution < -0.4 is 10.6 Å². The lowest BCUT2D eigenvalue weighted by Crippen LogP contribution is -2.58. The van der Waals surface area contributed by atoms with Crippen LogP contribution in [0.25, 0.3) is 0 Å². The zero-order valence-electron chi connectivity index (χ0n) is 14.0. The minimum absolute atomic E-state index is 0.102. The summed E-state index contributed by atoms with van der Waals surface area (Å²) >= 11 is 0. The van der Waals surface area contributed by atoms with E-state index in [9.17, 15) is 14.4 Å². The summed E-state index contributed by atoms with van der Waals surface area (Å²) in [6.07, 6.45) is 4.52. The fourth-order valence-corrected chi connectivity index (χ4v) is 4.92. The standard InChI is InChI=1S/C19H21N3O3/c23-16(7-8-19(12-5-6-12)17(24)20-18(25)21-19)22-13-9-11-3-1-2-4-14(11)15(22)10-13/h1-4,12-13,15H,5-10H2,(H2,20,21,24,25)/t13?,15?,19-/m0/s1. The molecule has 1 saturated carbocycles. The fraction of sp³-hybridized carbons (Fsp3) is 0.526. The first-order valence-electron chi connectivity index (χ1n) is 9.11. The number of nitrogens with zero attached hydrogens (tertiary/aromatic N) is 1. The molecular formula is C19H21N3O3. The van der Waals surface area contributed by atoms with Crippen LogP contribution in [0.4, 0.5) is 4.79 Å². The zero-order valence-corrected chi connectivity index (χ0v) is 14.0. The number of rotatable bonds is 4. The molecule has 0 radical (unpaired) electrons. The van der Waals surface area contributed by atoms with Gasteiger partial charge in [0.2, 0.25) is 5.91 Å². The first-order chi connectivity index (χ1) is 12.1. The smallest absolute Gasteiger partial charge is 0.322 e. The largest absolute Gasteiger partial charge is 0.332 e. The molecule has 1 aromatic rings. The second-order valence-corrected chi connectivity index (χ2v) is 7.76. The molecule has 4 aliphatic rings. The van der Waals surface area contributed by atoms with Crippen molar-refractivity contribution < 1.29 is 14.4 Å². The lowest BCUT2D eigenvalue weighted by molar-refractivity contribution is -0.147. The first-order valence-corrected chi connectivity index (χ1v) is 9.11. The molecule has 3 fully saturated rings. The number of carbonyl (C=O) groups is 3. The third-order valence-corrected chi connectivity index (χ3v) is 6.36. The molecule has 1 aliphatic carbocycles. The summed E-state index contributed by atoms with van der Waals surface area (Å²) < 4.78 is 0. The van der Waals surface area contributed by atoms with Gasteiger partial charge in [0.05, 0.1) is 6.04 Å². The molecule has 2 unspecified atom stereocenters. The highest BCUT2D eigenvalue weighted by molar-refractivity contribution is 6.07. The SMILES string of the molecule is O=C1NC(=O)[C@](CCC(=O)N2C3Cc4ccccc4C2C3)(C2CC2)N1. The Bertz CT molecular complexity index is 788. The van der Waals surface area contributed by atoms with Crippen LogP contribution in [-0.2, 0) is 16.0 Å². The number of benzene rings is 1. The third kappa shape index (κ3) is 2.12. The van der Waals surface area contributed by atoms with Crippen molar-refractivity contribution in [2.75, 3.05) is 0 Å². The summed E-state index contributed by atoms with van der Waals surface area (Å²) in [6, 6.07) is 8.39. The van der Waals surface area contributed by atoms with Gasteiger partial charge in [0.15, 0.2) is 0 Å². The van der Waals surface area contributed by atoms with Crippen molar-refractivity contribution in [2.45, 2.75) is 56.1 Å². The molecule has 0 spiro atoms. The molecule has 3 atom stereocenters. The van der Waals surface area contributed by atoms with Gasteiger partial charge >= 0.3 is 6.03 Å². The van der Waals surface area contributed by atoms with E-state index in [4.69, 9.17) is 0 Å². The fourth-order valence-electron chi connectivity index (χ4n) is 4.92. The summed E-state index contributed by atoms with van der Waals surface area (Å²) in [5.41, 5.74) is 1.75. The Morgan fingerprint density at radius 2 is 2.04 bits per heavy atom. The summed E-state index contributed by atoms with van der Waals surface area (Å²) in [5, 5.41) is 5.15. The maximum atomic E-state index is 12.9. The number of urea groups is 1. The van der Waals surface area contributed by atoms with Crippen molar-refractivity contribution >= 4 is 17.8 Å². The van der Waals surface area contributed by atoms with Gasteiger partial charge in [0.1, 0.15) is 5.54 Å². The number of carbonyl (C=O) groups excluding carboxylic acids is 3. The van der Waals surface area contributed by atoms with Gasteiger partial charge in [-0.3, -0.25) is 14.9 Å². The molecule has 1 aromatic carbocycles. The van der Waals surface area contributed by atoms with Crippen molar-refractivity contribution in [3.63, 3.8) is 0 Å². The molecule has 0 aromatic heterocycles. The molecule has 5 rings (SSSR count). The van der Waals surface area contributed by atoms with E-state index in [0.717, 1.165) is 25.7 Å². The van der Waals surface area contributed by atoms with E-state index in [0.29, 0.717) is 12.8 Å². The van der Waals surface area contributed by atoms with Crippen molar-refractivity contribution in [2.24, 2.45) is 5.92 Å². The Kier molecular flexibility index (Phi) is 3.03. The molecule has 130 valence electrons. The predicted molar refractivity (Wildman–Crippen MR) is 89.5 cm³/mol. The van der Waals surface area contributed by atoms with Crippen LogP contribution in [-0.4, -0.2) is 34.3 Å². The highest BCUT2D eigenvalue weighted by atomic mass is 16.2. The first kappa shape index (κ1) is 14.9. The van der Waals surface area contributed by atoms with Crippen LogP contribution in [0.3, 0.4) is 0 Å². The van der Waals surface area contributed by atoms with Gasteiger partial charge in [-0.2, -0.15) is 0 Å². The second kappa shape index (κ2) is 5.07. The molecule has 2 bridgehead atoms. The van der Waals surface area contributed by atoms with Gasteiger partial charge in [-0.1, -0.05) is 24.3 Å². The van der Waals surface area contributed by atoms with Crippen LogP contribution in [0.1, 0.15) is 49.3 Å². The van der Waals surface area contributed by atoms with Gasteiger partial charge in [0, 0.05) is 12.5 Å². The quantitative estimate of drug-likeness (QED) is 0.819. The van der Waals surface area contributed by atoms with E-state index < -0.39 is 11.6 Å². The summed E-state index contributed by atoms with van der Waals surface area (Å²) in [7, 11) is 0. The van der Waals surface area contributed by atoms with E-state index in [1.54, 1.807) is 0 Å². The van der Waals surface area contributed by atoms with Crippen LogP contribution >= 0.6 is 0 Å². The highest BCUT2D eigenvalue weighted by Crippen LogP contribution is 2.48. The minimum atomic E-state index is -0.870. The number of hydrogen-bond acceptors (Lipinski definition) is 3. The van der Waals surface area contributed by atoms with Crippen molar-refractivity contribution in [3.8, 4) is 0 Å². The average Bonchev–Trinajstić information content (AvgIpc) is 3.39. The minimum Gasteiger partial charge on any atom is -0.332 e. The van der Waals surface area contributed by atoms with Crippen molar-refractivity contribution in [1.29, 1.82) is 0 Å². The van der Waals surface area contributed by atoms with Gasteiger partial charge < -0.3 is 10.2 Å². The molecule has 4 amide bonds. The van der Waals surface area contributed by atoms with Crippen LogP contribution in [0, 0.1) is 5.92 Å². The monoisotopic (exact) mass is 339 g/mol.